The minimum atomic E-state index is -2.92. The van der Waals surface area contributed by atoms with Crippen molar-refractivity contribution in [1.29, 1.82) is 0 Å². The minimum Gasteiger partial charge on any atom is -0.469 e. The predicted molar refractivity (Wildman–Crippen MR) is 94.5 cm³/mol. The summed E-state index contributed by atoms with van der Waals surface area (Å²) in [6, 6.07) is 4.45. The van der Waals surface area contributed by atoms with Crippen molar-refractivity contribution >= 4 is 23.5 Å². The lowest BCUT2D eigenvalue weighted by atomic mass is 9.99. The van der Waals surface area contributed by atoms with E-state index in [1.165, 1.54) is 19.2 Å². The van der Waals surface area contributed by atoms with Gasteiger partial charge in [-0.2, -0.15) is 8.78 Å². The number of nitrogens with one attached hydrogen (secondary N) is 1. The largest absolute Gasteiger partial charge is 0.469 e. The number of methoxy groups -OCH3 is 1. The lowest BCUT2D eigenvalue weighted by molar-refractivity contribution is -0.145. The SMILES string of the molecule is CN=C(NCc1cc(Cl)ccc1OC(F)F)N1CC(C)C(C(=O)OC)C1. The number of rotatable bonds is 5. The standard InChI is InChI=1S/C17H22ClF2N3O3/c1-10-8-23(9-13(10)15(24)25-3)17(21-2)22-7-11-6-12(18)4-5-14(11)26-16(19)20/h4-6,10,13,16H,7-9H2,1-3H3,(H,21,22). The molecule has 1 heterocycles. The van der Waals surface area contributed by atoms with Gasteiger partial charge >= 0.3 is 12.6 Å². The van der Waals surface area contributed by atoms with E-state index in [9.17, 15) is 13.6 Å². The highest BCUT2D eigenvalue weighted by molar-refractivity contribution is 6.30. The van der Waals surface area contributed by atoms with Gasteiger partial charge in [0.25, 0.3) is 0 Å². The van der Waals surface area contributed by atoms with E-state index in [1.807, 2.05) is 11.8 Å². The van der Waals surface area contributed by atoms with Gasteiger partial charge in [-0.15, -0.1) is 0 Å². The lowest BCUT2D eigenvalue weighted by Gasteiger charge is -2.22. The van der Waals surface area contributed by atoms with Gasteiger partial charge < -0.3 is 19.7 Å². The van der Waals surface area contributed by atoms with Crippen molar-refractivity contribution in [3.63, 3.8) is 0 Å². The Bertz CT molecular complexity index is 673. The van der Waals surface area contributed by atoms with E-state index in [0.29, 0.717) is 29.6 Å². The molecule has 0 aliphatic carbocycles. The van der Waals surface area contributed by atoms with Crippen molar-refractivity contribution in [2.45, 2.75) is 20.1 Å². The Labute approximate surface area is 156 Å². The summed E-state index contributed by atoms with van der Waals surface area (Å²) in [5.41, 5.74) is 0.482. The highest BCUT2D eigenvalue weighted by Crippen LogP contribution is 2.26. The average molecular weight is 390 g/mol. The molecular formula is C17H22ClF2N3O3. The van der Waals surface area contributed by atoms with Crippen LogP contribution in [0.1, 0.15) is 12.5 Å². The summed E-state index contributed by atoms with van der Waals surface area (Å²) in [5, 5.41) is 3.52. The van der Waals surface area contributed by atoms with Crippen LogP contribution in [0.15, 0.2) is 23.2 Å². The molecule has 2 atom stereocenters. The van der Waals surface area contributed by atoms with Crippen molar-refractivity contribution in [3.8, 4) is 5.75 Å². The van der Waals surface area contributed by atoms with Crippen molar-refractivity contribution in [1.82, 2.24) is 10.2 Å². The number of esters is 1. The number of carbonyl (C=O) groups excluding carboxylic acids is 1. The number of ether oxygens (including phenoxy) is 2. The van der Waals surface area contributed by atoms with Crippen LogP contribution in [-0.4, -0.2) is 50.7 Å². The number of likely N-dealkylation sites (tertiary alicyclic amines) is 1. The molecule has 0 radical (unpaired) electrons. The van der Waals surface area contributed by atoms with Gasteiger partial charge in [-0.1, -0.05) is 18.5 Å². The lowest BCUT2D eigenvalue weighted by Crippen LogP contribution is -2.40. The molecular weight excluding hydrogens is 368 g/mol. The molecule has 1 N–H and O–H groups in total. The van der Waals surface area contributed by atoms with Gasteiger partial charge in [0.15, 0.2) is 5.96 Å². The predicted octanol–water partition coefficient (Wildman–Crippen LogP) is 2.76. The maximum absolute atomic E-state index is 12.6. The van der Waals surface area contributed by atoms with Crippen LogP contribution in [0.3, 0.4) is 0 Å². The number of nitrogens with zero attached hydrogens (tertiary/aromatic N) is 2. The van der Waals surface area contributed by atoms with Gasteiger partial charge in [-0.25, -0.2) is 0 Å². The van der Waals surface area contributed by atoms with Crippen molar-refractivity contribution in [3.05, 3.63) is 28.8 Å². The Morgan fingerprint density at radius 3 is 2.81 bits per heavy atom. The van der Waals surface area contributed by atoms with E-state index >= 15 is 0 Å². The fourth-order valence-corrected chi connectivity index (χ4v) is 3.20. The van der Waals surface area contributed by atoms with Crippen LogP contribution in [-0.2, 0) is 16.1 Å². The van der Waals surface area contributed by atoms with Crippen LogP contribution in [0.4, 0.5) is 8.78 Å². The molecule has 1 aliphatic heterocycles. The Morgan fingerprint density at radius 2 is 2.19 bits per heavy atom. The number of guanidine groups is 1. The number of alkyl halides is 2. The third kappa shape index (κ3) is 4.97. The quantitative estimate of drug-likeness (QED) is 0.476. The second kappa shape index (κ2) is 9.02. The van der Waals surface area contributed by atoms with Crippen LogP contribution in [0.5, 0.6) is 5.75 Å². The molecule has 9 heteroatoms. The number of halogens is 3. The van der Waals surface area contributed by atoms with Crippen molar-refractivity contribution < 1.29 is 23.0 Å². The van der Waals surface area contributed by atoms with E-state index in [-0.39, 0.29) is 30.1 Å². The first kappa shape index (κ1) is 20.2. The van der Waals surface area contributed by atoms with Crippen LogP contribution in [0, 0.1) is 11.8 Å². The first-order valence-corrected chi connectivity index (χ1v) is 8.50. The number of aliphatic imine (C=N–C) groups is 1. The first-order chi connectivity index (χ1) is 12.3. The van der Waals surface area contributed by atoms with E-state index < -0.39 is 6.61 Å². The smallest absolute Gasteiger partial charge is 0.387 e. The van der Waals surface area contributed by atoms with Crippen LogP contribution in [0.25, 0.3) is 0 Å². The molecule has 1 aromatic carbocycles. The van der Waals surface area contributed by atoms with Gasteiger partial charge in [0.2, 0.25) is 0 Å². The number of hydrogen-bond donors (Lipinski definition) is 1. The van der Waals surface area contributed by atoms with Crippen LogP contribution in [0.2, 0.25) is 5.02 Å². The summed E-state index contributed by atoms with van der Waals surface area (Å²) in [6.07, 6.45) is 0. The second-order valence-corrected chi connectivity index (χ2v) is 6.48. The van der Waals surface area contributed by atoms with E-state index in [1.54, 1.807) is 13.1 Å². The molecule has 1 aliphatic rings. The molecule has 26 heavy (non-hydrogen) atoms. The Hall–Kier alpha value is -2.09. The van der Waals surface area contributed by atoms with Gasteiger partial charge in [0, 0.05) is 37.3 Å². The van der Waals surface area contributed by atoms with Gasteiger partial charge in [-0.3, -0.25) is 9.79 Å². The molecule has 0 bridgehead atoms. The zero-order valence-electron chi connectivity index (χ0n) is 14.8. The maximum Gasteiger partial charge on any atom is 0.387 e. The van der Waals surface area contributed by atoms with E-state index in [0.717, 1.165) is 0 Å². The summed E-state index contributed by atoms with van der Waals surface area (Å²) in [7, 11) is 2.99. The topological polar surface area (TPSA) is 63.2 Å². The monoisotopic (exact) mass is 389 g/mol. The summed E-state index contributed by atoms with van der Waals surface area (Å²) < 4.78 is 34.5. The molecule has 144 valence electrons. The highest BCUT2D eigenvalue weighted by atomic mass is 35.5. The summed E-state index contributed by atoms with van der Waals surface area (Å²) in [4.78, 5) is 18.0. The van der Waals surface area contributed by atoms with Crippen molar-refractivity contribution in [2.24, 2.45) is 16.8 Å². The van der Waals surface area contributed by atoms with E-state index in [4.69, 9.17) is 16.3 Å². The average Bonchev–Trinajstić information content (AvgIpc) is 2.98. The Balaban J connectivity index is 2.06. The number of carbonyl (C=O) groups is 1. The Kier molecular flexibility index (Phi) is 7.02. The molecule has 1 fully saturated rings. The van der Waals surface area contributed by atoms with Crippen LogP contribution >= 0.6 is 11.6 Å². The number of hydrogen-bond acceptors (Lipinski definition) is 4. The van der Waals surface area contributed by atoms with Crippen molar-refractivity contribution in [2.75, 3.05) is 27.2 Å². The second-order valence-electron chi connectivity index (χ2n) is 6.04. The molecule has 1 aromatic rings. The molecule has 1 saturated heterocycles. The summed E-state index contributed by atoms with van der Waals surface area (Å²) in [6.45, 7) is 0.358. The molecule has 0 spiro atoms. The van der Waals surface area contributed by atoms with Gasteiger partial charge in [-0.05, 0) is 24.1 Å². The van der Waals surface area contributed by atoms with Gasteiger partial charge in [0.05, 0.1) is 13.0 Å². The number of benzene rings is 1. The Morgan fingerprint density at radius 1 is 1.46 bits per heavy atom. The zero-order chi connectivity index (χ0) is 19.3. The van der Waals surface area contributed by atoms with Gasteiger partial charge in [0.1, 0.15) is 5.75 Å². The van der Waals surface area contributed by atoms with Crippen LogP contribution < -0.4 is 10.1 Å². The maximum atomic E-state index is 12.6. The zero-order valence-corrected chi connectivity index (χ0v) is 15.6. The highest BCUT2D eigenvalue weighted by Gasteiger charge is 2.36. The molecule has 0 aromatic heterocycles. The molecule has 0 saturated carbocycles. The normalized spacial score (nSPS) is 20.4. The summed E-state index contributed by atoms with van der Waals surface area (Å²) >= 11 is 5.96. The molecule has 6 nitrogen and oxygen atoms in total. The molecule has 2 unspecified atom stereocenters. The third-order valence-electron chi connectivity index (χ3n) is 4.30. The fourth-order valence-electron chi connectivity index (χ4n) is 3.00. The molecule has 2 rings (SSSR count). The van der Waals surface area contributed by atoms with E-state index in [2.05, 4.69) is 15.0 Å². The summed E-state index contributed by atoms with van der Waals surface area (Å²) in [5.74, 6) is 0.242. The minimum absolute atomic E-state index is 0.0505. The fraction of sp³-hybridized carbons (Fsp3) is 0.529. The first-order valence-electron chi connectivity index (χ1n) is 8.12. The third-order valence-corrected chi connectivity index (χ3v) is 4.54. The molecule has 0 amide bonds.